The molecule has 0 aromatic rings. The summed E-state index contributed by atoms with van der Waals surface area (Å²) in [5.74, 6) is -4.98. The Bertz CT molecular complexity index is 1170. The molecule has 3 rings (SSSR count). The Kier molecular flexibility index (Phi) is 14.7. The molecule has 0 aliphatic carbocycles. The molecule has 3 fully saturated rings. The first-order valence-corrected chi connectivity index (χ1v) is 18.5. The van der Waals surface area contributed by atoms with Gasteiger partial charge in [0, 0.05) is 37.3 Å². The molecule has 0 aromatic carbocycles. The molecule has 3 saturated heterocycles. The average Bonchev–Trinajstić information content (AvgIpc) is 3.05. The van der Waals surface area contributed by atoms with Crippen LogP contribution in [0.3, 0.4) is 0 Å². The molecular weight excluding hydrogens is 666 g/mol. The van der Waals surface area contributed by atoms with Crippen molar-refractivity contribution in [3.05, 3.63) is 0 Å². The molecule has 18 atom stereocenters. The van der Waals surface area contributed by atoms with E-state index in [0.717, 1.165) is 0 Å². The van der Waals surface area contributed by atoms with Crippen LogP contribution in [-0.4, -0.2) is 148 Å². The van der Waals surface area contributed by atoms with Crippen LogP contribution in [0.1, 0.15) is 94.9 Å². The zero-order valence-electron chi connectivity index (χ0n) is 32.9. The average molecular weight is 734 g/mol. The molecule has 14 nitrogen and oxygen atoms in total. The molecule has 0 saturated carbocycles. The topological polar surface area (TPSA) is 194 Å². The first kappa shape index (κ1) is 44.1. The Balaban J connectivity index is 2.18. The van der Waals surface area contributed by atoms with Gasteiger partial charge < -0.3 is 58.9 Å². The summed E-state index contributed by atoms with van der Waals surface area (Å²) in [5, 5.41) is 57.6. The maximum Gasteiger partial charge on any atom is 0.311 e. The molecule has 0 spiro atoms. The summed E-state index contributed by atoms with van der Waals surface area (Å²) in [7, 11) is 5.18. The molecule has 3 aliphatic rings. The SMILES string of the molecule is CCC1OC(=O)[C@@H](C)[C@H](O[C@H]2C[C@@](C)(OC)[C@@H](O)[C@H](C)O2)[C@@H](C)[C@H](O[C@@H]2O[C@H](C)C[C@H](N(C)C)[C@@H]2O)[C@@](C)(O)C[C@H](C)C(=O)C(C)[C@@H](O)C1(C)O. The number of ketones is 1. The van der Waals surface area contributed by atoms with Gasteiger partial charge in [-0.1, -0.05) is 27.7 Å². The highest BCUT2D eigenvalue weighted by Crippen LogP contribution is 2.40. The molecule has 3 heterocycles. The maximum atomic E-state index is 14.1. The molecule has 5 N–H and O–H groups in total. The van der Waals surface area contributed by atoms with Crippen molar-refractivity contribution in [1.29, 1.82) is 0 Å². The van der Waals surface area contributed by atoms with E-state index < -0.39 is 108 Å². The van der Waals surface area contributed by atoms with E-state index >= 15 is 0 Å². The van der Waals surface area contributed by atoms with Crippen LogP contribution in [0.4, 0.5) is 0 Å². The molecule has 0 amide bonds. The van der Waals surface area contributed by atoms with Crippen LogP contribution in [0, 0.1) is 23.7 Å². The summed E-state index contributed by atoms with van der Waals surface area (Å²) in [6.07, 6.45) is -9.71. The third-order valence-corrected chi connectivity index (χ3v) is 11.8. The van der Waals surface area contributed by atoms with Gasteiger partial charge in [-0.25, -0.2) is 0 Å². The van der Waals surface area contributed by atoms with E-state index in [-0.39, 0.29) is 31.4 Å². The number of ether oxygens (including phenoxy) is 6. The van der Waals surface area contributed by atoms with Gasteiger partial charge >= 0.3 is 5.97 Å². The Hall–Kier alpha value is -1.30. The second-order valence-electron chi connectivity index (χ2n) is 16.5. The first-order valence-electron chi connectivity index (χ1n) is 18.5. The van der Waals surface area contributed by atoms with E-state index in [0.29, 0.717) is 6.42 Å². The van der Waals surface area contributed by atoms with Crippen LogP contribution in [-0.2, 0) is 38.0 Å². The fourth-order valence-electron chi connectivity index (χ4n) is 8.41. The zero-order chi connectivity index (χ0) is 39.0. The van der Waals surface area contributed by atoms with Gasteiger partial charge in [0.1, 0.15) is 29.7 Å². The first-order chi connectivity index (χ1) is 23.4. The number of nitrogens with zero attached hydrogens (tertiary/aromatic N) is 1. The number of esters is 1. The number of hydrogen-bond donors (Lipinski definition) is 5. The van der Waals surface area contributed by atoms with Crippen LogP contribution in [0.25, 0.3) is 0 Å². The molecular formula is C37H67NO13. The van der Waals surface area contributed by atoms with Crippen molar-refractivity contribution in [3.63, 3.8) is 0 Å². The third-order valence-electron chi connectivity index (χ3n) is 11.8. The van der Waals surface area contributed by atoms with E-state index in [2.05, 4.69) is 0 Å². The monoisotopic (exact) mass is 733 g/mol. The number of rotatable bonds is 7. The smallest absolute Gasteiger partial charge is 0.311 e. The fraction of sp³-hybridized carbons (Fsp3) is 0.946. The minimum absolute atomic E-state index is 0.0936. The minimum atomic E-state index is -1.99. The van der Waals surface area contributed by atoms with Gasteiger partial charge in [0.2, 0.25) is 0 Å². The Morgan fingerprint density at radius 3 is 2.04 bits per heavy atom. The van der Waals surface area contributed by atoms with Crippen LogP contribution < -0.4 is 0 Å². The molecule has 14 heteroatoms. The largest absolute Gasteiger partial charge is 0.459 e. The van der Waals surface area contributed by atoms with Crippen LogP contribution in [0.15, 0.2) is 0 Å². The molecule has 0 radical (unpaired) electrons. The normalized spacial score (nSPS) is 49.7. The number of aliphatic hydroxyl groups is 5. The number of methoxy groups -OCH3 is 1. The Morgan fingerprint density at radius 1 is 0.882 bits per heavy atom. The van der Waals surface area contributed by atoms with Crippen molar-refractivity contribution in [2.75, 3.05) is 21.2 Å². The number of likely N-dealkylation sites (N-methyl/N-ethyl adjacent to an activating group) is 1. The molecule has 0 bridgehead atoms. The van der Waals surface area contributed by atoms with Gasteiger partial charge in [0.15, 0.2) is 12.6 Å². The van der Waals surface area contributed by atoms with E-state index in [1.54, 1.807) is 41.5 Å². The summed E-state index contributed by atoms with van der Waals surface area (Å²) < 4.78 is 37.1. The van der Waals surface area contributed by atoms with Crippen LogP contribution in [0.2, 0.25) is 0 Å². The maximum absolute atomic E-state index is 14.1. The van der Waals surface area contributed by atoms with Crippen LogP contribution >= 0.6 is 0 Å². The van der Waals surface area contributed by atoms with Gasteiger partial charge in [-0.3, -0.25) is 9.59 Å². The minimum Gasteiger partial charge on any atom is -0.459 e. The highest BCUT2D eigenvalue weighted by molar-refractivity contribution is 5.83. The lowest BCUT2D eigenvalue weighted by Gasteiger charge is -2.49. The van der Waals surface area contributed by atoms with Crippen molar-refractivity contribution in [3.8, 4) is 0 Å². The summed E-state index contributed by atoms with van der Waals surface area (Å²) >= 11 is 0. The number of cyclic esters (lactones) is 1. The fourth-order valence-corrected chi connectivity index (χ4v) is 8.41. The second-order valence-corrected chi connectivity index (χ2v) is 16.5. The highest BCUT2D eigenvalue weighted by atomic mass is 16.7. The number of hydrogen-bond acceptors (Lipinski definition) is 14. The van der Waals surface area contributed by atoms with E-state index in [9.17, 15) is 35.1 Å². The zero-order valence-corrected chi connectivity index (χ0v) is 32.9. The van der Waals surface area contributed by atoms with Crippen molar-refractivity contribution >= 4 is 11.8 Å². The summed E-state index contributed by atoms with van der Waals surface area (Å²) in [6.45, 7) is 16.3. The van der Waals surface area contributed by atoms with Gasteiger partial charge in [-0.2, -0.15) is 0 Å². The van der Waals surface area contributed by atoms with Gasteiger partial charge in [-0.15, -0.1) is 0 Å². The number of Topliss-reactive ketones (excluding diaryl/α,β-unsaturated/α-hetero) is 1. The second kappa shape index (κ2) is 17.0. The number of carbonyl (C=O) groups excluding carboxylic acids is 2. The molecule has 3 unspecified atom stereocenters. The van der Waals surface area contributed by atoms with E-state index in [1.165, 1.54) is 27.9 Å². The van der Waals surface area contributed by atoms with Crippen LogP contribution in [0.5, 0.6) is 0 Å². The predicted molar refractivity (Wildman–Crippen MR) is 186 cm³/mol. The lowest BCUT2D eigenvalue weighted by atomic mass is 9.74. The van der Waals surface area contributed by atoms with Crippen molar-refractivity contribution in [1.82, 2.24) is 4.90 Å². The van der Waals surface area contributed by atoms with Crippen molar-refractivity contribution < 1.29 is 63.5 Å². The Labute approximate surface area is 304 Å². The molecule has 298 valence electrons. The highest BCUT2D eigenvalue weighted by Gasteiger charge is 2.53. The quantitative estimate of drug-likeness (QED) is 0.238. The molecule has 3 aliphatic heterocycles. The summed E-state index contributed by atoms with van der Waals surface area (Å²) in [6, 6.07) is -0.324. The molecule has 0 aromatic heterocycles. The Morgan fingerprint density at radius 2 is 1.49 bits per heavy atom. The lowest BCUT2D eigenvalue weighted by molar-refractivity contribution is -0.318. The van der Waals surface area contributed by atoms with Gasteiger partial charge in [0.25, 0.3) is 0 Å². The van der Waals surface area contributed by atoms with Gasteiger partial charge in [0.05, 0.1) is 47.6 Å². The summed E-state index contributed by atoms with van der Waals surface area (Å²) in [4.78, 5) is 29.8. The van der Waals surface area contributed by atoms with Gasteiger partial charge in [-0.05, 0) is 74.9 Å². The predicted octanol–water partition coefficient (Wildman–Crippen LogP) is 1.79. The lowest BCUT2D eigenvalue weighted by Crippen LogP contribution is -2.61. The number of aliphatic hydroxyl groups excluding tert-OH is 3. The summed E-state index contributed by atoms with van der Waals surface area (Å²) in [5.41, 5.74) is -4.84. The standard InChI is InChI=1S/C37H67NO13/c1-14-25-37(10,45)30(41)20(4)27(39)18(2)16-35(8,44)32(51-34-28(40)24(38(11)12)15-19(3)47-34)21(5)29(22(6)33(43)49-25)50-26-17-36(9,46-13)31(42)23(7)48-26/h18-26,28-32,34,40-42,44-45H,14-17H2,1-13H3/t18-,19+,20?,21+,22-,23-,24-,25?,26-,28-,29+,30+,31-,32-,34-,35-,36+,37?/m0/s1. The van der Waals surface area contributed by atoms with Crippen molar-refractivity contribution in [2.24, 2.45) is 23.7 Å². The van der Waals surface area contributed by atoms with Crippen molar-refractivity contribution in [2.45, 2.75) is 179 Å². The van der Waals surface area contributed by atoms with E-state index in [1.807, 2.05) is 25.9 Å². The third kappa shape index (κ3) is 9.51. The molecule has 51 heavy (non-hydrogen) atoms. The number of carbonyl (C=O) groups is 2. The van der Waals surface area contributed by atoms with E-state index in [4.69, 9.17) is 28.4 Å².